The molecule has 1 aliphatic rings. The van der Waals surface area contributed by atoms with Crippen LogP contribution in [0.15, 0.2) is 12.3 Å². The van der Waals surface area contributed by atoms with E-state index < -0.39 is 10.0 Å². The zero-order chi connectivity index (χ0) is 16.5. The molecule has 1 aromatic heterocycles. The maximum Gasteiger partial charge on any atom is 0.272 e. The fourth-order valence-corrected chi connectivity index (χ4v) is 3.59. The predicted octanol–water partition coefficient (Wildman–Crippen LogP) is -1.03. The molecule has 0 unspecified atom stereocenters. The molecule has 124 valence electrons. The van der Waals surface area contributed by atoms with Crippen molar-refractivity contribution in [1.29, 1.82) is 0 Å². The van der Waals surface area contributed by atoms with Gasteiger partial charge in [-0.3, -0.25) is 9.48 Å². The molecule has 0 aliphatic carbocycles. The number of carbonyl (C=O) groups is 1. The summed E-state index contributed by atoms with van der Waals surface area (Å²) < 4.78 is 26.5. The van der Waals surface area contributed by atoms with Crippen LogP contribution in [0.25, 0.3) is 0 Å². The predicted molar refractivity (Wildman–Crippen MR) is 82.9 cm³/mol. The summed E-state index contributed by atoms with van der Waals surface area (Å²) in [6.07, 6.45) is 2.90. The average Bonchev–Trinajstić information content (AvgIpc) is 2.95. The highest BCUT2D eigenvalue weighted by molar-refractivity contribution is 7.88. The number of rotatable bonds is 5. The maximum absolute atomic E-state index is 12.2. The van der Waals surface area contributed by atoms with Crippen LogP contribution >= 0.6 is 0 Å². The summed E-state index contributed by atoms with van der Waals surface area (Å²) in [4.78, 5) is 14.2. The van der Waals surface area contributed by atoms with Crippen molar-refractivity contribution in [2.24, 2.45) is 13.0 Å². The Kier molecular flexibility index (Phi) is 4.88. The van der Waals surface area contributed by atoms with Gasteiger partial charge < -0.3 is 10.2 Å². The second-order valence-corrected chi connectivity index (χ2v) is 8.04. The van der Waals surface area contributed by atoms with Gasteiger partial charge in [-0.2, -0.15) is 9.40 Å². The average molecular weight is 329 g/mol. The largest absolute Gasteiger partial charge is 0.346 e. The van der Waals surface area contributed by atoms with E-state index in [-0.39, 0.29) is 17.9 Å². The molecule has 1 saturated heterocycles. The number of aryl methyl sites for hydroxylation is 1. The lowest BCUT2D eigenvalue weighted by Gasteiger charge is -2.22. The van der Waals surface area contributed by atoms with Crippen molar-refractivity contribution in [3.05, 3.63) is 18.0 Å². The molecule has 1 aromatic rings. The Hall–Kier alpha value is -1.45. The first-order valence-corrected chi connectivity index (χ1v) is 8.92. The van der Waals surface area contributed by atoms with E-state index in [4.69, 9.17) is 0 Å². The number of amides is 1. The van der Waals surface area contributed by atoms with Gasteiger partial charge in [0.1, 0.15) is 5.69 Å². The molecule has 2 atom stereocenters. The Morgan fingerprint density at radius 2 is 2.14 bits per heavy atom. The second-order valence-electron chi connectivity index (χ2n) is 6.06. The van der Waals surface area contributed by atoms with Crippen LogP contribution < -0.4 is 5.32 Å². The van der Waals surface area contributed by atoms with Gasteiger partial charge in [-0.05, 0) is 20.2 Å². The Labute approximate surface area is 131 Å². The highest BCUT2D eigenvalue weighted by Crippen LogP contribution is 2.20. The van der Waals surface area contributed by atoms with Gasteiger partial charge in [0.25, 0.3) is 5.91 Å². The van der Waals surface area contributed by atoms with E-state index in [1.54, 1.807) is 24.0 Å². The molecule has 0 bridgehead atoms. The van der Waals surface area contributed by atoms with Gasteiger partial charge in [-0.1, -0.05) is 0 Å². The fourth-order valence-electron chi connectivity index (χ4n) is 2.70. The van der Waals surface area contributed by atoms with Crippen molar-refractivity contribution in [1.82, 2.24) is 24.3 Å². The molecule has 22 heavy (non-hydrogen) atoms. The third-order valence-electron chi connectivity index (χ3n) is 3.74. The molecule has 0 aromatic carbocycles. The number of hydrogen-bond acceptors (Lipinski definition) is 5. The van der Waals surface area contributed by atoms with Gasteiger partial charge in [0.15, 0.2) is 0 Å². The fraction of sp³-hybridized carbons (Fsp3) is 0.692. The van der Waals surface area contributed by atoms with Crippen LogP contribution in [0.2, 0.25) is 0 Å². The summed E-state index contributed by atoms with van der Waals surface area (Å²) in [7, 11) is 2.35. The SMILES string of the molecule is CN(C)C[C@@H]1CN(S(C)(=O)=O)C[C@H]1NC(=O)c1ccn(C)n1. The van der Waals surface area contributed by atoms with E-state index in [2.05, 4.69) is 10.4 Å². The van der Waals surface area contributed by atoms with E-state index in [1.807, 2.05) is 19.0 Å². The molecule has 1 amide bonds. The topological polar surface area (TPSA) is 87.5 Å². The first-order valence-electron chi connectivity index (χ1n) is 7.07. The lowest BCUT2D eigenvalue weighted by Crippen LogP contribution is -2.43. The molecule has 2 rings (SSSR count). The van der Waals surface area contributed by atoms with E-state index >= 15 is 0 Å². The van der Waals surface area contributed by atoms with Crippen molar-refractivity contribution in [2.75, 3.05) is 40.0 Å². The Morgan fingerprint density at radius 1 is 1.45 bits per heavy atom. The molecule has 1 fully saturated rings. The normalized spacial score (nSPS) is 23.1. The van der Waals surface area contributed by atoms with Gasteiger partial charge in [0.05, 0.1) is 6.26 Å². The molecule has 1 N–H and O–H groups in total. The van der Waals surface area contributed by atoms with Gasteiger partial charge >= 0.3 is 0 Å². The Morgan fingerprint density at radius 3 is 2.64 bits per heavy atom. The first-order chi connectivity index (χ1) is 10.2. The Balaban J connectivity index is 2.10. The van der Waals surface area contributed by atoms with Crippen LogP contribution in [-0.2, 0) is 17.1 Å². The number of nitrogens with zero attached hydrogens (tertiary/aromatic N) is 4. The summed E-state index contributed by atoms with van der Waals surface area (Å²) in [6.45, 7) is 1.43. The minimum absolute atomic E-state index is 0.0531. The smallest absolute Gasteiger partial charge is 0.272 e. The standard InChI is InChI=1S/C13H23N5O3S/c1-16(2)7-10-8-18(22(4,20)21)9-12(10)14-13(19)11-5-6-17(3)15-11/h5-6,10,12H,7-9H2,1-4H3,(H,14,19)/t10-,12-/m1/s1. The first kappa shape index (κ1) is 16.9. The number of carbonyl (C=O) groups excluding carboxylic acids is 1. The lowest BCUT2D eigenvalue weighted by molar-refractivity contribution is 0.0921. The summed E-state index contributed by atoms with van der Waals surface area (Å²) in [5.41, 5.74) is 0.337. The number of aromatic nitrogens is 2. The van der Waals surface area contributed by atoms with E-state index in [0.717, 1.165) is 0 Å². The molecule has 9 heteroatoms. The molecule has 0 saturated carbocycles. The highest BCUT2D eigenvalue weighted by atomic mass is 32.2. The van der Waals surface area contributed by atoms with Crippen LogP contribution in [0.5, 0.6) is 0 Å². The lowest BCUT2D eigenvalue weighted by atomic mass is 10.0. The van der Waals surface area contributed by atoms with Crippen LogP contribution in [0.3, 0.4) is 0 Å². The van der Waals surface area contributed by atoms with E-state index in [1.165, 1.54) is 10.6 Å². The molecule has 8 nitrogen and oxygen atoms in total. The van der Waals surface area contributed by atoms with Gasteiger partial charge in [0.2, 0.25) is 10.0 Å². The van der Waals surface area contributed by atoms with Crippen molar-refractivity contribution in [3.8, 4) is 0 Å². The van der Waals surface area contributed by atoms with Crippen LogP contribution in [0.4, 0.5) is 0 Å². The van der Waals surface area contributed by atoms with Crippen molar-refractivity contribution < 1.29 is 13.2 Å². The monoisotopic (exact) mass is 329 g/mol. The zero-order valence-electron chi connectivity index (χ0n) is 13.4. The minimum Gasteiger partial charge on any atom is -0.346 e. The molecule has 1 aliphatic heterocycles. The van der Waals surface area contributed by atoms with Gasteiger partial charge in [-0.25, -0.2) is 8.42 Å². The molecule has 0 spiro atoms. The van der Waals surface area contributed by atoms with E-state index in [0.29, 0.717) is 25.3 Å². The Bertz CT molecular complexity index is 640. The van der Waals surface area contributed by atoms with E-state index in [9.17, 15) is 13.2 Å². The number of sulfonamides is 1. The van der Waals surface area contributed by atoms with Crippen molar-refractivity contribution >= 4 is 15.9 Å². The van der Waals surface area contributed by atoms with Gasteiger partial charge in [-0.15, -0.1) is 0 Å². The molecule has 2 heterocycles. The summed E-state index contributed by atoms with van der Waals surface area (Å²) in [5.74, 6) is -0.220. The minimum atomic E-state index is -3.26. The molecular weight excluding hydrogens is 306 g/mol. The third-order valence-corrected chi connectivity index (χ3v) is 4.98. The molecular formula is C13H23N5O3S. The van der Waals surface area contributed by atoms with Crippen molar-refractivity contribution in [3.63, 3.8) is 0 Å². The van der Waals surface area contributed by atoms with Crippen molar-refractivity contribution in [2.45, 2.75) is 6.04 Å². The number of nitrogens with one attached hydrogen (secondary N) is 1. The van der Waals surface area contributed by atoms with Crippen LogP contribution in [0, 0.1) is 5.92 Å². The third kappa shape index (κ3) is 4.05. The summed E-state index contributed by atoms with van der Waals surface area (Å²) >= 11 is 0. The highest BCUT2D eigenvalue weighted by Gasteiger charge is 2.38. The maximum atomic E-state index is 12.2. The van der Waals surface area contributed by atoms with Crippen LogP contribution in [0.1, 0.15) is 10.5 Å². The zero-order valence-corrected chi connectivity index (χ0v) is 14.2. The quantitative estimate of drug-likeness (QED) is 0.746. The second kappa shape index (κ2) is 6.35. The van der Waals surface area contributed by atoms with Crippen LogP contribution in [-0.4, -0.2) is 79.3 Å². The van der Waals surface area contributed by atoms with Gasteiger partial charge in [0, 0.05) is 44.8 Å². The summed E-state index contributed by atoms with van der Waals surface area (Å²) in [5, 5.41) is 6.99. The summed E-state index contributed by atoms with van der Waals surface area (Å²) in [6, 6.07) is 1.42. The number of hydrogen-bond donors (Lipinski definition) is 1. The molecule has 0 radical (unpaired) electrons.